The molecule has 0 amide bonds. The highest BCUT2D eigenvalue weighted by atomic mass is 32.2. The van der Waals surface area contributed by atoms with Crippen molar-refractivity contribution in [2.75, 3.05) is 31.9 Å². The Balaban J connectivity index is 2.06. The second-order valence-corrected chi connectivity index (χ2v) is 7.28. The lowest BCUT2D eigenvalue weighted by Gasteiger charge is -2.18. The van der Waals surface area contributed by atoms with Gasteiger partial charge < -0.3 is 5.32 Å². The molecule has 0 spiro atoms. The predicted octanol–water partition coefficient (Wildman–Crippen LogP) is 2.10. The first kappa shape index (κ1) is 15.2. The maximum atomic E-state index is 12.2. The molecule has 1 heterocycles. The Morgan fingerprint density at radius 2 is 2.10 bits per heavy atom. The first-order chi connectivity index (χ1) is 9.53. The van der Waals surface area contributed by atoms with Gasteiger partial charge in [0.2, 0.25) is 0 Å². The van der Waals surface area contributed by atoms with Crippen LogP contribution in [0.15, 0.2) is 29.6 Å². The van der Waals surface area contributed by atoms with Crippen molar-refractivity contribution in [2.45, 2.75) is 6.42 Å². The van der Waals surface area contributed by atoms with Gasteiger partial charge in [-0.25, -0.2) is 0 Å². The van der Waals surface area contributed by atoms with Crippen molar-refractivity contribution in [3.8, 4) is 0 Å². The van der Waals surface area contributed by atoms with Crippen LogP contribution in [0.4, 0.5) is 5.69 Å². The second kappa shape index (κ2) is 6.53. The molecular weight excluding hydrogens is 294 g/mol. The van der Waals surface area contributed by atoms with Crippen LogP contribution in [0.25, 0.3) is 10.1 Å². The summed E-state index contributed by atoms with van der Waals surface area (Å²) in [5, 5.41) is 6.04. The molecule has 2 aromatic rings. The SMILES string of the molecule is CNCCCN(C)S(=O)(=O)Nc1ccc2sccc2c1. The number of benzene rings is 1. The maximum absolute atomic E-state index is 12.2. The Bertz CT molecular complexity index is 667. The van der Waals surface area contributed by atoms with Crippen molar-refractivity contribution < 1.29 is 8.42 Å². The highest BCUT2D eigenvalue weighted by Gasteiger charge is 2.17. The third-order valence-electron chi connectivity index (χ3n) is 3.01. The number of hydrogen-bond acceptors (Lipinski definition) is 4. The van der Waals surface area contributed by atoms with E-state index in [1.54, 1.807) is 24.5 Å². The van der Waals surface area contributed by atoms with Crippen molar-refractivity contribution in [2.24, 2.45) is 0 Å². The van der Waals surface area contributed by atoms with Crippen molar-refractivity contribution in [1.29, 1.82) is 0 Å². The molecule has 1 aromatic carbocycles. The molecule has 0 atom stereocenters. The molecule has 2 rings (SSSR count). The predicted molar refractivity (Wildman–Crippen MR) is 85.5 cm³/mol. The summed E-state index contributed by atoms with van der Waals surface area (Å²) in [4.78, 5) is 0. The Morgan fingerprint density at radius 1 is 1.30 bits per heavy atom. The summed E-state index contributed by atoms with van der Waals surface area (Å²) >= 11 is 1.64. The average molecular weight is 313 g/mol. The molecule has 1 aromatic heterocycles. The molecule has 0 aliphatic rings. The summed E-state index contributed by atoms with van der Waals surface area (Å²) in [6.45, 7) is 1.28. The van der Waals surface area contributed by atoms with E-state index in [-0.39, 0.29) is 0 Å². The summed E-state index contributed by atoms with van der Waals surface area (Å²) in [6, 6.07) is 7.55. The maximum Gasteiger partial charge on any atom is 0.301 e. The molecule has 0 unspecified atom stereocenters. The molecule has 0 aliphatic carbocycles. The molecule has 0 fully saturated rings. The molecule has 7 heteroatoms. The zero-order valence-corrected chi connectivity index (χ0v) is 13.2. The van der Waals surface area contributed by atoms with E-state index in [4.69, 9.17) is 0 Å². The van der Waals surface area contributed by atoms with Gasteiger partial charge >= 0.3 is 10.2 Å². The number of fused-ring (bicyclic) bond motifs is 1. The number of thiophene rings is 1. The standard InChI is InChI=1S/C13H19N3O2S2/c1-14-7-3-8-16(2)20(17,18)15-12-4-5-13-11(10-12)6-9-19-13/h4-6,9-10,14-15H,3,7-8H2,1-2H3. The zero-order valence-electron chi connectivity index (χ0n) is 11.6. The monoisotopic (exact) mass is 313 g/mol. The van der Waals surface area contributed by atoms with Crippen molar-refractivity contribution in [1.82, 2.24) is 9.62 Å². The minimum absolute atomic E-state index is 0.483. The van der Waals surface area contributed by atoms with Crippen LogP contribution in [0.2, 0.25) is 0 Å². The van der Waals surface area contributed by atoms with Gasteiger partial charge in [0.05, 0.1) is 5.69 Å². The fourth-order valence-corrected chi connectivity index (χ4v) is 3.58. The van der Waals surface area contributed by atoms with Crippen LogP contribution < -0.4 is 10.0 Å². The van der Waals surface area contributed by atoms with Crippen LogP contribution >= 0.6 is 11.3 Å². The normalized spacial score (nSPS) is 12.2. The van der Waals surface area contributed by atoms with E-state index < -0.39 is 10.2 Å². The zero-order chi connectivity index (χ0) is 14.6. The van der Waals surface area contributed by atoms with E-state index in [9.17, 15) is 8.42 Å². The number of anilines is 1. The summed E-state index contributed by atoms with van der Waals surface area (Å²) < 4.78 is 29.4. The van der Waals surface area contributed by atoms with Crippen LogP contribution in [-0.4, -0.2) is 39.9 Å². The second-order valence-electron chi connectivity index (χ2n) is 4.56. The van der Waals surface area contributed by atoms with E-state index in [0.29, 0.717) is 12.2 Å². The fraction of sp³-hybridized carbons (Fsp3) is 0.385. The molecule has 0 aliphatic heterocycles. The first-order valence-electron chi connectivity index (χ1n) is 6.39. The fourth-order valence-electron chi connectivity index (χ4n) is 1.86. The quantitative estimate of drug-likeness (QED) is 0.770. The minimum Gasteiger partial charge on any atom is -0.320 e. The Hall–Kier alpha value is -1.15. The first-order valence-corrected chi connectivity index (χ1v) is 8.71. The smallest absolute Gasteiger partial charge is 0.301 e. The van der Waals surface area contributed by atoms with E-state index in [1.165, 1.54) is 4.31 Å². The lowest BCUT2D eigenvalue weighted by molar-refractivity contribution is 0.462. The van der Waals surface area contributed by atoms with Crippen LogP contribution in [0, 0.1) is 0 Å². The summed E-state index contributed by atoms with van der Waals surface area (Å²) in [5.41, 5.74) is 0.594. The molecular formula is C13H19N3O2S2. The van der Waals surface area contributed by atoms with Crippen molar-refractivity contribution >= 4 is 37.3 Å². The number of nitrogens with zero attached hydrogens (tertiary/aromatic N) is 1. The summed E-state index contributed by atoms with van der Waals surface area (Å²) in [7, 11) is -0.0521. The van der Waals surface area contributed by atoms with E-state index in [0.717, 1.165) is 23.1 Å². The average Bonchev–Trinajstić information content (AvgIpc) is 2.85. The Kier molecular flexibility index (Phi) is 4.98. The van der Waals surface area contributed by atoms with Gasteiger partial charge in [-0.3, -0.25) is 4.72 Å². The Labute approximate surface area is 123 Å². The lowest BCUT2D eigenvalue weighted by atomic mass is 10.2. The van der Waals surface area contributed by atoms with Crippen molar-refractivity contribution in [3.63, 3.8) is 0 Å². The van der Waals surface area contributed by atoms with Crippen LogP contribution in [0.3, 0.4) is 0 Å². The molecule has 0 saturated carbocycles. The van der Waals surface area contributed by atoms with E-state index in [1.807, 2.05) is 30.6 Å². The molecule has 0 bridgehead atoms. The van der Waals surface area contributed by atoms with Gasteiger partial charge in [-0.05, 0) is 55.0 Å². The molecule has 20 heavy (non-hydrogen) atoms. The topological polar surface area (TPSA) is 61.4 Å². The van der Waals surface area contributed by atoms with Crippen LogP contribution in [0.1, 0.15) is 6.42 Å². The lowest BCUT2D eigenvalue weighted by Crippen LogP contribution is -2.34. The highest BCUT2D eigenvalue weighted by Crippen LogP contribution is 2.24. The highest BCUT2D eigenvalue weighted by molar-refractivity contribution is 7.90. The van der Waals surface area contributed by atoms with Gasteiger partial charge in [0.25, 0.3) is 0 Å². The molecule has 0 radical (unpaired) electrons. The molecule has 0 saturated heterocycles. The molecule has 110 valence electrons. The van der Waals surface area contributed by atoms with Gasteiger partial charge in [-0.1, -0.05) is 0 Å². The van der Waals surface area contributed by atoms with Gasteiger partial charge in [0.1, 0.15) is 0 Å². The third-order valence-corrected chi connectivity index (χ3v) is 5.40. The van der Waals surface area contributed by atoms with Gasteiger partial charge in [-0.2, -0.15) is 12.7 Å². The largest absolute Gasteiger partial charge is 0.320 e. The third kappa shape index (κ3) is 3.69. The number of rotatable bonds is 7. The van der Waals surface area contributed by atoms with Crippen LogP contribution in [0.5, 0.6) is 0 Å². The summed E-state index contributed by atoms with van der Waals surface area (Å²) in [5.74, 6) is 0. The van der Waals surface area contributed by atoms with E-state index >= 15 is 0 Å². The summed E-state index contributed by atoms with van der Waals surface area (Å²) in [6.07, 6.45) is 0.775. The molecule has 5 nitrogen and oxygen atoms in total. The number of nitrogens with one attached hydrogen (secondary N) is 2. The van der Waals surface area contributed by atoms with Crippen molar-refractivity contribution in [3.05, 3.63) is 29.6 Å². The van der Waals surface area contributed by atoms with Crippen LogP contribution in [-0.2, 0) is 10.2 Å². The van der Waals surface area contributed by atoms with E-state index in [2.05, 4.69) is 10.0 Å². The van der Waals surface area contributed by atoms with Gasteiger partial charge in [0, 0.05) is 18.3 Å². The molecule has 2 N–H and O–H groups in total. The van der Waals surface area contributed by atoms with Gasteiger partial charge in [-0.15, -0.1) is 11.3 Å². The number of hydrogen-bond donors (Lipinski definition) is 2. The minimum atomic E-state index is -3.49. The Morgan fingerprint density at radius 3 is 2.85 bits per heavy atom. The van der Waals surface area contributed by atoms with Gasteiger partial charge in [0.15, 0.2) is 0 Å².